The van der Waals surface area contributed by atoms with Crippen LogP contribution in [0.2, 0.25) is 0 Å². The van der Waals surface area contributed by atoms with Gasteiger partial charge in [0.15, 0.2) is 11.5 Å². The average Bonchev–Trinajstić information content (AvgIpc) is 2.38. The molecular formula is C13H21NO3. The molecule has 1 rings (SSSR count). The van der Waals surface area contributed by atoms with Crippen LogP contribution < -0.4 is 19.9 Å². The molecule has 0 atom stereocenters. The summed E-state index contributed by atoms with van der Waals surface area (Å²) in [5, 5.41) is 0. The number of hydrogen-bond donors (Lipinski definition) is 1. The summed E-state index contributed by atoms with van der Waals surface area (Å²) in [6.07, 6.45) is 2.88. The van der Waals surface area contributed by atoms with Gasteiger partial charge in [-0.3, -0.25) is 0 Å². The highest BCUT2D eigenvalue weighted by Gasteiger charge is 2.14. The fourth-order valence-electron chi connectivity index (χ4n) is 1.85. The van der Waals surface area contributed by atoms with Crippen molar-refractivity contribution >= 4 is 0 Å². The molecule has 0 heterocycles. The van der Waals surface area contributed by atoms with Crippen molar-refractivity contribution in [2.75, 3.05) is 27.9 Å². The number of ether oxygens (including phenoxy) is 3. The minimum atomic E-state index is 0.703. The molecule has 0 amide bonds. The number of methoxy groups -OCH3 is 3. The van der Waals surface area contributed by atoms with Crippen molar-refractivity contribution in [3.8, 4) is 17.2 Å². The quantitative estimate of drug-likeness (QED) is 0.739. The summed E-state index contributed by atoms with van der Waals surface area (Å²) in [6, 6.07) is 3.75. The maximum absolute atomic E-state index is 5.50. The molecule has 1 aromatic carbocycles. The molecule has 2 N–H and O–H groups in total. The normalized spacial score (nSPS) is 10.1. The largest absolute Gasteiger partial charge is 0.496 e. The van der Waals surface area contributed by atoms with Crippen molar-refractivity contribution < 1.29 is 14.2 Å². The first-order valence-electron chi connectivity index (χ1n) is 5.76. The Hall–Kier alpha value is -1.42. The number of nitrogens with two attached hydrogens (primary N) is 1. The molecule has 4 nitrogen and oxygen atoms in total. The van der Waals surface area contributed by atoms with E-state index in [1.54, 1.807) is 21.3 Å². The minimum Gasteiger partial charge on any atom is -0.496 e. The van der Waals surface area contributed by atoms with Crippen molar-refractivity contribution in [3.05, 3.63) is 17.7 Å². The van der Waals surface area contributed by atoms with Gasteiger partial charge in [-0.15, -0.1) is 0 Å². The molecule has 0 saturated heterocycles. The monoisotopic (exact) mass is 239 g/mol. The highest BCUT2D eigenvalue weighted by Crippen LogP contribution is 2.38. The van der Waals surface area contributed by atoms with Gasteiger partial charge in [0.1, 0.15) is 5.75 Å². The van der Waals surface area contributed by atoms with Gasteiger partial charge in [-0.05, 0) is 37.9 Å². The Morgan fingerprint density at radius 3 is 2.12 bits per heavy atom. The number of rotatable bonds is 7. The smallest absolute Gasteiger partial charge is 0.167 e. The molecule has 1 aromatic rings. The molecule has 0 spiro atoms. The summed E-state index contributed by atoms with van der Waals surface area (Å²) >= 11 is 0. The number of benzene rings is 1. The van der Waals surface area contributed by atoms with Crippen LogP contribution in [0.1, 0.15) is 18.4 Å². The molecule has 0 saturated carbocycles. The third kappa shape index (κ3) is 3.27. The second kappa shape index (κ2) is 7.01. The van der Waals surface area contributed by atoms with Crippen molar-refractivity contribution in [1.29, 1.82) is 0 Å². The molecule has 17 heavy (non-hydrogen) atoms. The van der Waals surface area contributed by atoms with E-state index in [1.165, 1.54) is 0 Å². The predicted molar refractivity (Wildman–Crippen MR) is 68.1 cm³/mol. The standard InChI is InChI=1S/C13H21NO3/c1-15-11-7-8-12(16-2)13(17-3)10(11)6-4-5-9-14/h7-8H,4-6,9,14H2,1-3H3. The SMILES string of the molecule is COc1ccc(OC)c(OC)c1CCCCN. The van der Waals surface area contributed by atoms with Crippen LogP contribution in [-0.4, -0.2) is 27.9 Å². The van der Waals surface area contributed by atoms with Crippen LogP contribution in [0.15, 0.2) is 12.1 Å². The summed E-state index contributed by atoms with van der Waals surface area (Å²) < 4.78 is 16.0. The molecule has 0 fully saturated rings. The van der Waals surface area contributed by atoms with E-state index in [4.69, 9.17) is 19.9 Å². The van der Waals surface area contributed by atoms with Crippen LogP contribution in [0.5, 0.6) is 17.2 Å². The van der Waals surface area contributed by atoms with Crippen LogP contribution in [-0.2, 0) is 6.42 Å². The maximum Gasteiger partial charge on any atom is 0.167 e. The molecule has 0 radical (unpaired) electrons. The Labute approximate surface area is 103 Å². The Morgan fingerprint density at radius 2 is 1.59 bits per heavy atom. The molecule has 4 heteroatoms. The van der Waals surface area contributed by atoms with E-state index in [9.17, 15) is 0 Å². The van der Waals surface area contributed by atoms with Gasteiger partial charge in [0, 0.05) is 5.56 Å². The van der Waals surface area contributed by atoms with Crippen LogP contribution in [0.25, 0.3) is 0 Å². The van der Waals surface area contributed by atoms with Crippen molar-refractivity contribution in [2.45, 2.75) is 19.3 Å². The molecule has 0 aromatic heterocycles. The van der Waals surface area contributed by atoms with E-state index in [2.05, 4.69) is 0 Å². The lowest BCUT2D eigenvalue weighted by atomic mass is 10.0. The Kier molecular flexibility index (Phi) is 5.63. The van der Waals surface area contributed by atoms with E-state index in [0.717, 1.165) is 42.1 Å². The van der Waals surface area contributed by atoms with Crippen molar-refractivity contribution in [2.24, 2.45) is 5.73 Å². The van der Waals surface area contributed by atoms with Gasteiger partial charge in [-0.1, -0.05) is 0 Å². The number of unbranched alkanes of at least 4 members (excludes halogenated alkanes) is 1. The first-order valence-corrected chi connectivity index (χ1v) is 5.76. The van der Waals surface area contributed by atoms with Gasteiger partial charge in [-0.2, -0.15) is 0 Å². The lowest BCUT2D eigenvalue weighted by Gasteiger charge is -2.16. The van der Waals surface area contributed by atoms with Gasteiger partial charge in [0.05, 0.1) is 21.3 Å². The Bertz CT molecular complexity index is 353. The van der Waals surface area contributed by atoms with E-state index < -0.39 is 0 Å². The zero-order valence-corrected chi connectivity index (χ0v) is 10.8. The van der Waals surface area contributed by atoms with E-state index in [-0.39, 0.29) is 0 Å². The first kappa shape index (κ1) is 13.6. The van der Waals surface area contributed by atoms with Gasteiger partial charge < -0.3 is 19.9 Å². The van der Waals surface area contributed by atoms with Crippen molar-refractivity contribution in [1.82, 2.24) is 0 Å². The summed E-state index contributed by atoms with van der Waals surface area (Å²) in [5.74, 6) is 2.32. The Morgan fingerprint density at radius 1 is 0.941 bits per heavy atom. The molecule has 0 aliphatic heterocycles. The fraction of sp³-hybridized carbons (Fsp3) is 0.538. The summed E-state index contributed by atoms with van der Waals surface area (Å²) in [5.41, 5.74) is 6.55. The van der Waals surface area contributed by atoms with Crippen LogP contribution in [0.3, 0.4) is 0 Å². The predicted octanol–water partition coefficient (Wildman–Crippen LogP) is 1.99. The van der Waals surface area contributed by atoms with E-state index in [0.29, 0.717) is 6.54 Å². The molecule has 96 valence electrons. The van der Waals surface area contributed by atoms with Crippen molar-refractivity contribution in [3.63, 3.8) is 0 Å². The summed E-state index contributed by atoms with van der Waals surface area (Å²) in [7, 11) is 4.94. The van der Waals surface area contributed by atoms with Gasteiger partial charge in [-0.25, -0.2) is 0 Å². The van der Waals surface area contributed by atoms with Gasteiger partial charge in [0.25, 0.3) is 0 Å². The highest BCUT2D eigenvalue weighted by molar-refractivity contribution is 5.54. The van der Waals surface area contributed by atoms with Crippen LogP contribution in [0, 0.1) is 0 Å². The van der Waals surface area contributed by atoms with Gasteiger partial charge in [0.2, 0.25) is 0 Å². The molecule has 0 aliphatic rings. The lowest BCUT2D eigenvalue weighted by molar-refractivity contribution is 0.343. The van der Waals surface area contributed by atoms with Crippen LogP contribution in [0.4, 0.5) is 0 Å². The third-order valence-corrected chi connectivity index (χ3v) is 2.71. The Balaban J connectivity index is 3.02. The fourth-order valence-corrected chi connectivity index (χ4v) is 1.85. The second-order valence-corrected chi connectivity index (χ2v) is 3.73. The van der Waals surface area contributed by atoms with E-state index >= 15 is 0 Å². The molecule has 0 aliphatic carbocycles. The first-order chi connectivity index (χ1) is 8.28. The van der Waals surface area contributed by atoms with Crippen LogP contribution >= 0.6 is 0 Å². The average molecular weight is 239 g/mol. The zero-order chi connectivity index (χ0) is 12.7. The lowest BCUT2D eigenvalue weighted by Crippen LogP contribution is -2.02. The second-order valence-electron chi connectivity index (χ2n) is 3.73. The molecular weight excluding hydrogens is 218 g/mol. The maximum atomic E-state index is 5.50. The topological polar surface area (TPSA) is 53.7 Å². The molecule has 0 unspecified atom stereocenters. The highest BCUT2D eigenvalue weighted by atomic mass is 16.5. The summed E-state index contributed by atoms with van der Waals surface area (Å²) in [4.78, 5) is 0. The zero-order valence-electron chi connectivity index (χ0n) is 10.8. The van der Waals surface area contributed by atoms with E-state index in [1.807, 2.05) is 12.1 Å². The minimum absolute atomic E-state index is 0.703. The van der Waals surface area contributed by atoms with Gasteiger partial charge >= 0.3 is 0 Å². The number of hydrogen-bond acceptors (Lipinski definition) is 4. The molecule has 0 bridgehead atoms. The summed E-state index contributed by atoms with van der Waals surface area (Å²) in [6.45, 7) is 0.703. The third-order valence-electron chi connectivity index (χ3n) is 2.71.